The summed E-state index contributed by atoms with van der Waals surface area (Å²) in [5.74, 6) is 0.631. The molecule has 0 bridgehead atoms. The Labute approximate surface area is 180 Å². The summed E-state index contributed by atoms with van der Waals surface area (Å²) < 4.78 is 11.3. The van der Waals surface area contributed by atoms with Crippen molar-refractivity contribution in [2.45, 2.75) is 18.3 Å². The average molecular weight is 459 g/mol. The molecule has 1 heterocycles. The number of nitrogens with one attached hydrogen (secondary N) is 1. The number of hydrogen-bond donors (Lipinski definition) is 1. The van der Waals surface area contributed by atoms with Crippen LogP contribution in [0.3, 0.4) is 0 Å². The molecule has 10 heteroatoms. The van der Waals surface area contributed by atoms with Crippen LogP contribution in [0.15, 0.2) is 52.1 Å². The second kappa shape index (κ2) is 9.52. The van der Waals surface area contributed by atoms with Crippen molar-refractivity contribution < 1.29 is 13.9 Å². The van der Waals surface area contributed by atoms with Gasteiger partial charge in [0, 0.05) is 15.7 Å². The second-order valence-electron chi connectivity index (χ2n) is 5.58. The Balaban J connectivity index is 1.53. The molecule has 3 rings (SSSR count). The molecule has 1 amide bonds. The molecule has 0 saturated heterocycles. The molecule has 146 valence electrons. The number of hydrogen-bond acceptors (Lipinski definition) is 6. The molecule has 0 aliphatic carbocycles. The SMILES string of the molecule is C[C@@H](Oc1ccc(Cl)cc1Cl)c1nnc(SCC(=O)Nc2ccc(Cl)cc2)o1. The first-order valence-electron chi connectivity index (χ1n) is 8.04. The van der Waals surface area contributed by atoms with Crippen molar-refractivity contribution in [2.75, 3.05) is 11.1 Å². The van der Waals surface area contributed by atoms with Crippen LogP contribution in [-0.2, 0) is 4.79 Å². The highest BCUT2D eigenvalue weighted by molar-refractivity contribution is 7.99. The first-order chi connectivity index (χ1) is 13.4. The molecule has 1 N–H and O–H groups in total. The molecule has 0 aliphatic rings. The molecule has 6 nitrogen and oxygen atoms in total. The third-order valence-electron chi connectivity index (χ3n) is 3.42. The summed E-state index contributed by atoms with van der Waals surface area (Å²) >= 11 is 18.9. The molecule has 0 saturated carbocycles. The highest BCUT2D eigenvalue weighted by Crippen LogP contribution is 2.31. The van der Waals surface area contributed by atoms with Crippen LogP contribution in [0.2, 0.25) is 15.1 Å². The van der Waals surface area contributed by atoms with E-state index in [-0.39, 0.29) is 22.8 Å². The zero-order valence-corrected chi connectivity index (χ0v) is 17.6. The molecule has 0 spiro atoms. The van der Waals surface area contributed by atoms with E-state index in [1.165, 1.54) is 0 Å². The maximum absolute atomic E-state index is 12.0. The maximum atomic E-state index is 12.0. The fourth-order valence-electron chi connectivity index (χ4n) is 2.11. The van der Waals surface area contributed by atoms with Crippen LogP contribution in [0.25, 0.3) is 0 Å². The minimum atomic E-state index is -0.525. The van der Waals surface area contributed by atoms with Gasteiger partial charge in [0.05, 0.1) is 10.8 Å². The number of carbonyl (C=O) groups is 1. The summed E-state index contributed by atoms with van der Waals surface area (Å²) in [6, 6.07) is 11.7. The predicted molar refractivity (Wildman–Crippen MR) is 111 cm³/mol. The van der Waals surface area contributed by atoms with Crippen molar-refractivity contribution in [1.29, 1.82) is 0 Å². The molecule has 0 aliphatic heterocycles. The summed E-state index contributed by atoms with van der Waals surface area (Å²) in [7, 11) is 0. The van der Waals surface area contributed by atoms with Gasteiger partial charge >= 0.3 is 0 Å². The first kappa shape index (κ1) is 20.8. The molecule has 1 atom stereocenters. The minimum absolute atomic E-state index is 0.114. The molecule has 2 aromatic carbocycles. The zero-order chi connectivity index (χ0) is 20.1. The Morgan fingerprint density at radius 3 is 2.57 bits per heavy atom. The van der Waals surface area contributed by atoms with Crippen molar-refractivity contribution in [3.63, 3.8) is 0 Å². The smallest absolute Gasteiger partial charge is 0.277 e. The highest BCUT2D eigenvalue weighted by Gasteiger charge is 2.18. The van der Waals surface area contributed by atoms with E-state index in [1.54, 1.807) is 49.4 Å². The van der Waals surface area contributed by atoms with Crippen LogP contribution in [0.5, 0.6) is 5.75 Å². The average Bonchev–Trinajstić information content (AvgIpc) is 3.13. The first-order valence-corrected chi connectivity index (χ1v) is 10.2. The monoisotopic (exact) mass is 457 g/mol. The number of anilines is 1. The standard InChI is InChI=1S/C18H14Cl3N3O3S/c1-10(26-15-7-4-12(20)8-14(15)21)17-23-24-18(27-17)28-9-16(25)22-13-5-2-11(19)3-6-13/h2-8,10H,9H2,1H3,(H,22,25)/t10-/m1/s1. The molecule has 0 unspecified atom stereocenters. The lowest BCUT2D eigenvalue weighted by molar-refractivity contribution is -0.113. The van der Waals surface area contributed by atoms with E-state index >= 15 is 0 Å². The summed E-state index contributed by atoms with van der Waals surface area (Å²) in [6.07, 6.45) is -0.525. The predicted octanol–water partition coefficient (Wildman–Crippen LogP) is 5.90. The van der Waals surface area contributed by atoms with Crippen LogP contribution in [0.1, 0.15) is 18.9 Å². The van der Waals surface area contributed by atoms with Crippen molar-refractivity contribution in [1.82, 2.24) is 10.2 Å². The quantitative estimate of drug-likeness (QED) is 0.444. The number of amides is 1. The van der Waals surface area contributed by atoms with Gasteiger partial charge in [-0.15, -0.1) is 10.2 Å². The molecule has 0 fully saturated rings. The van der Waals surface area contributed by atoms with Crippen molar-refractivity contribution >= 4 is 58.2 Å². The molecule has 3 aromatic rings. The Hall–Kier alpha value is -1.93. The van der Waals surface area contributed by atoms with E-state index in [9.17, 15) is 4.79 Å². The highest BCUT2D eigenvalue weighted by atomic mass is 35.5. The van der Waals surface area contributed by atoms with Gasteiger partial charge in [-0.3, -0.25) is 4.79 Å². The van der Waals surface area contributed by atoms with E-state index < -0.39 is 6.10 Å². The fourth-order valence-corrected chi connectivity index (χ4v) is 3.26. The Kier molecular flexibility index (Phi) is 7.07. The van der Waals surface area contributed by atoms with Crippen LogP contribution in [0, 0.1) is 0 Å². The summed E-state index contributed by atoms with van der Waals surface area (Å²) in [5, 5.41) is 12.4. The van der Waals surface area contributed by atoms with Gasteiger partial charge in [0.2, 0.25) is 5.91 Å². The van der Waals surface area contributed by atoms with E-state index in [0.29, 0.717) is 26.5 Å². The number of halogens is 3. The normalized spacial score (nSPS) is 11.9. The summed E-state index contributed by atoms with van der Waals surface area (Å²) in [4.78, 5) is 12.0. The number of aromatic nitrogens is 2. The maximum Gasteiger partial charge on any atom is 0.277 e. The number of thioether (sulfide) groups is 1. The van der Waals surface area contributed by atoms with Crippen LogP contribution < -0.4 is 10.1 Å². The lowest BCUT2D eigenvalue weighted by Gasteiger charge is -2.12. The number of nitrogens with zero attached hydrogens (tertiary/aromatic N) is 2. The van der Waals surface area contributed by atoms with Crippen molar-refractivity contribution in [3.8, 4) is 5.75 Å². The van der Waals surface area contributed by atoms with Gasteiger partial charge in [-0.2, -0.15) is 0 Å². The minimum Gasteiger partial charge on any atom is -0.479 e. The lowest BCUT2D eigenvalue weighted by atomic mass is 10.3. The molecule has 1 aromatic heterocycles. The van der Waals surface area contributed by atoms with Crippen LogP contribution in [0.4, 0.5) is 5.69 Å². The van der Waals surface area contributed by atoms with Crippen LogP contribution in [-0.4, -0.2) is 21.9 Å². The lowest BCUT2D eigenvalue weighted by Crippen LogP contribution is -2.13. The van der Waals surface area contributed by atoms with E-state index in [0.717, 1.165) is 11.8 Å². The van der Waals surface area contributed by atoms with E-state index in [4.69, 9.17) is 44.0 Å². The topological polar surface area (TPSA) is 77.2 Å². The zero-order valence-electron chi connectivity index (χ0n) is 14.5. The number of carbonyl (C=O) groups excluding carboxylic acids is 1. The van der Waals surface area contributed by atoms with E-state index in [1.807, 2.05) is 0 Å². The molecular formula is C18H14Cl3N3O3S. The molecule has 28 heavy (non-hydrogen) atoms. The van der Waals surface area contributed by atoms with Crippen molar-refractivity contribution in [2.24, 2.45) is 0 Å². The van der Waals surface area contributed by atoms with Crippen molar-refractivity contribution in [3.05, 3.63) is 63.4 Å². The Bertz CT molecular complexity index is 966. The summed E-state index contributed by atoms with van der Waals surface area (Å²) in [6.45, 7) is 1.75. The number of rotatable bonds is 7. The number of ether oxygens (including phenoxy) is 1. The number of benzene rings is 2. The Morgan fingerprint density at radius 1 is 1.14 bits per heavy atom. The van der Waals surface area contributed by atoms with Crippen LogP contribution >= 0.6 is 46.6 Å². The largest absolute Gasteiger partial charge is 0.479 e. The third kappa shape index (κ3) is 5.78. The van der Waals surface area contributed by atoms with Gasteiger partial charge in [-0.1, -0.05) is 46.6 Å². The third-order valence-corrected chi connectivity index (χ3v) is 5.02. The molecular weight excluding hydrogens is 445 g/mol. The van der Waals surface area contributed by atoms with E-state index in [2.05, 4.69) is 15.5 Å². The summed E-state index contributed by atoms with van der Waals surface area (Å²) in [5.41, 5.74) is 0.656. The van der Waals surface area contributed by atoms with Gasteiger partial charge in [0.1, 0.15) is 5.75 Å². The molecule has 0 radical (unpaired) electrons. The van der Waals surface area contributed by atoms with Gasteiger partial charge in [0.25, 0.3) is 11.1 Å². The van der Waals surface area contributed by atoms with Gasteiger partial charge in [-0.25, -0.2) is 0 Å². The Morgan fingerprint density at radius 2 is 1.86 bits per heavy atom. The second-order valence-corrected chi connectivity index (χ2v) is 7.79. The van der Waals surface area contributed by atoms with Gasteiger partial charge < -0.3 is 14.5 Å². The fraction of sp³-hybridized carbons (Fsp3) is 0.167. The van der Waals surface area contributed by atoms with Gasteiger partial charge in [0.15, 0.2) is 6.10 Å². The van der Waals surface area contributed by atoms with Gasteiger partial charge in [-0.05, 0) is 49.4 Å².